The summed E-state index contributed by atoms with van der Waals surface area (Å²) in [5.74, 6) is -0.903. The van der Waals surface area contributed by atoms with Crippen molar-refractivity contribution in [1.82, 2.24) is 14.8 Å². The summed E-state index contributed by atoms with van der Waals surface area (Å²) >= 11 is 0. The minimum absolute atomic E-state index is 0.0384. The van der Waals surface area contributed by atoms with Crippen LogP contribution in [0, 0.1) is 17.6 Å². The minimum atomic E-state index is -0.700. The quantitative estimate of drug-likeness (QED) is 0.812. The fourth-order valence-electron chi connectivity index (χ4n) is 4.08. The van der Waals surface area contributed by atoms with Gasteiger partial charge < -0.3 is 14.2 Å². The molecule has 3 aliphatic rings. The summed E-state index contributed by atoms with van der Waals surface area (Å²) in [7, 11) is 0. The van der Waals surface area contributed by atoms with Crippen molar-refractivity contribution in [2.45, 2.75) is 38.3 Å². The van der Waals surface area contributed by atoms with E-state index in [1.807, 2.05) is 4.90 Å². The summed E-state index contributed by atoms with van der Waals surface area (Å²) in [5, 5.41) is 0. The van der Waals surface area contributed by atoms with Gasteiger partial charge in [-0.2, -0.15) is 0 Å². The smallest absolute Gasteiger partial charge is 0.228 e. The lowest BCUT2D eigenvalue weighted by atomic mass is 10.0. The van der Waals surface area contributed by atoms with Gasteiger partial charge in [-0.05, 0) is 25.0 Å². The number of halogens is 2. The lowest BCUT2D eigenvalue weighted by molar-refractivity contribution is -0.136. The molecule has 1 aromatic heterocycles. The number of nitrogens with zero attached hydrogens (tertiary/aromatic N) is 3. The topological polar surface area (TPSA) is 66.7 Å². The molecule has 1 unspecified atom stereocenters. The molecule has 28 heavy (non-hydrogen) atoms. The van der Waals surface area contributed by atoms with E-state index < -0.39 is 11.6 Å². The average Bonchev–Trinajstić information content (AvgIpc) is 3.28. The van der Waals surface area contributed by atoms with Gasteiger partial charge in [0.05, 0.1) is 12.5 Å². The number of likely N-dealkylation sites (tertiary alicyclic amines) is 1. The van der Waals surface area contributed by atoms with Gasteiger partial charge in [-0.3, -0.25) is 9.59 Å². The summed E-state index contributed by atoms with van der Waals surface area (Å²) in [5.41, 5.74) is 0.828. The van der Waals surface area contributed by atoms with Gasteiger partial charge in [0, 0.05) is 43.6 Å². The molecule has 0 spiro atoms. The average molecular weight is 387 g/mol. The van der Waals surface area contributed by atoms with Crippen molar-refractivity contribution in [2.75, 3.05) is 13.1 Å². The van der Waals surface area contributed by atoms with Gasteiger partial charge in [-0.25, -0.2) is 13.8 Å². The van der Waals surface area contributed by atoms with Crippen molar-refractivity contribution < 1.29 is 22.8 Å². The normalized spacial score (nSPS) is 21.9. The van der Waals surface area contributed by atoms with Gasteiger partial charge >= 0.3 is 0 Å². The van der Waals surface area contributed by atoms with E-state index in [0.29, 0.717) is 37.0 Å². The maximum absolute atomic E-state index is 13.5. The molecule has 0 radical (unpaired) electrons. The Kier molecular flexibility index (Phi) is 3.96. The molecule has 6 nitrogen and oxygen atoms in total. The van der Waals surface area contributed by atoms with Gasteiger partial charge in [-0.15, -0.1) is 0 Å². The summed E-state index contributed by atoms with van der Waals surface area (Å²) in [6.07, 6.45) is 2.81. The molecule has 2 amide bonds. The van der Waals surface area contributed by atoms with Crippen molar-refractivity contribution in [3.63, 3.8) is 0 Å². The van der Waals surface area contributed by atoms with E-state index >= 15 is 0 Å². The van der Waals surface area contributed by atoms with Crippen LogP contribution < -0.4 is 0 Å². The highest BCUT2D eigenvalue weighted by molar-refractivity contribution is 5.89. The molecule has 1 saturated carbocycles. The van der Waals surface area contributed by atoms with Crippen LogP contribution in [-0.2, 0) is 22.6 Å². The highest BCUT2D eigenvalue weighted by Gasteiger charge is 2.43. The Labute approximate surface area is 160 Å². The number of hydrogen-bond acceptors (Lipinski definition) is 4. The van der Waals surface area contributed by atoms with Gasteiger partial charge in [0.15, 0.2) is 0 Å². The number of carbonyl (C=O) groups is 2. The molecular weight excluding hydrogens is 368 g/mol. The number of benzene rings is 1. The third-order valence-corrected chi connectivity index (χ3v) is 5.64. The first kappa shape index (κ1) is 17.3. The van der Waals surface area contributed by atoms with Crippen LogP contribution in [0.3, 0.4) is 0 Å². The second kappa shape index (κ2) is 6.39. The molecule has 5 rings (SSSR count). The Bertz CT molecular complexity index is 949. The first-order chi connectivity index (χ1) is 13.5. The number of rotatable bonds is 3. The highest BCUT2D eigenvalue weighted by Crippen LogP contribution is 2.34. The second-order valence-electron chi connectivity index (χ2n) is 7.74. The molecule has 1 aromatic carbocycles. The van der Waals surface area contributed by atoms with E-state index in [1.54, 1.807) is 4.90 Å². The van der Waals surface area contributed by atoms with Crippen LogP contribution in [0.2, 0.25) is 0 Å². The molecule has 1 atom stereocenters. The van der Waals surface area contributed by atoms with Crippen LogP contribution >= 0.6 is 0 Å². The van der Waals surface area contributed by atoms with Gasteiger partial charge in [0.25, 0.3) is 0 Å². The Hall–Kier alpha value is -2.77. The second-order valence-corrected chi connectivity index (χ2v) is 7.74. The third kappa shape index (κ3) is 3.06. The maximum Gasteiger partial charge on any atom is 0.228 e. The Morgan fingerprint density at radius 1 is 1.18 bits per heavy atom. The monoisotopic (exact) mass is 387 g/mol. The molecule has 0 bridgehead atoms. The molecule has 146 valence electrons. The zero-order chi connectivity index (χ0) is 19.4. The van der Waals surface area contributed by atoms with E-state index in [-0.39, 0.29) is 42.2 Å². The van der Waals surface area contributed by atoms with E-state index in [4.69, 9.17) is 4.42 Å². The third-order valence-electron chi connectivity index (χ3n) is 5.64. The van der Waals surface area contributed by atoms with Crippen molar-refractivity contribution >= 4 is 11.8 Å². The van der Waals surface area contributed by atoms with Gasteiger partial charge in [0.2, 0.25) is 17.7 Å². The van der Waals surface area contributed by atoms with E-state index in [1.165, 1.54) is 12.1 Å². The summed E-state index contributed by atoms with van der Waals surface area (Å²) in [6.45, 7) is 1.26. The fraction of sp³-hybridized carbons (Fsp3) is 0.450. The van der Waals surface area contributed by atoms with E-state index in [2.05, 4.69) is 4.98 Å². The van der Waals surface area contributed by atoms with Crippen LogP contribution in [0.15, 0.2) is 22.6 Å². The molecule has 8 heteroatoms. The lowest BCUT2D eigenvalue weighted by Gasteiger charge is -2.27. The summed E-state index contributed by atoms with van der Waals surface area (Å²) < 4.78 is 32.6. The van der Waals surface area contributed by atoms with Crippen molar-refractivity contribution in [2.24, 2.45) is 5.92 Å². The van der Waals surface area contributed by atoms with Gasteiger partial charge in [-0.1, -0.05) is 0 Å². The molecular formula is C20H19F2N3O3. The molecule has 2 aromatic rings. The SMILES string of the molecule is O=C(C1CC(=O)N(C2CC2)C1)N1CCc2oc(-c3cc(F)cc(F)c3)nc2C1. The fourth-order valence-corrected chi connectivity index (χ4v) is 4.08. The Morgan fingerprint density at radius 3 is 2.64 bits per heavy atom. The number of amides is 2. The van der Waals surface area contributed by atoms with Crippen LogP contribution in [-0.4, -0.2) is 45.7 Å². The van der Waals surface area contributed by atoms with Crippen LogP contribution in [0.1, 0.15) is 30.7 Å². The number of aromatic nitrogens is 1. The first-order valence-corrected chi connectivity index (χ1v) is 9.51. The standard InChI is InChI=1S/C20H19F2N3O3/c21-13-5-11(6-14(22)8-13)19-23-16-10-24(4-3-17(16)28-19)20(27)12-7-18(26)25(9-12)15-1-2-15/h5-6,8,12,15H,1-4,7,9-10H2. The van der Waals surface area contributed by atoms with Crippen molar-refractivity contribution in [3.05, 3.63) is 41.3 Å². The van der Waals surface area contributed by atoms with E-state index in [9.17, 15) is 18.4 Å². The van der Waals surface area contributed by atoms with Crippen LogP contribution in [0.4, 0.5) is 8.78 Å². The van der Waals surface area contributed by atoms with Crippen molar-refractivity contribution in [1.29, 1.82) is 0 Å². The van der Waals surface area contributed by atoms with Crippen molar-refractivity contribution in [3.8, 4) is 11.5 Å². The molecule has 1 aliphatic carbocycles. The largest absolute Gasteiger partial charge is 0.441 e. The predicted molar refractivity (Wildman–Crippen MR) is 93.8 cm³/mol. The number of carbonyl (C=O) groups excluding carboxylic acids is 2. The number of oxazole rings is 1. The number of hydrogen-bond donors (Lipinski definition) is 0. The highest BCUT2D eigenvalue weighted by atomic mass is 19.1. The predicted octanol–water partition coefficient (Wildman–Crippen LogP) is 2.52. The lowest BCUT2D eigenvalue weighted by Crippen LogP contribution is -2.40. The minimum Gasteiger partial charge on any atom is -0.441 e. The molecule has 2 fully saturated rings. The molecule has 2 aliphatic heterocycles. The summed E-state index contributed by atoms with van der Waals surface area (Å²) in [4.78, 5) is 32.9. The Balaban J connectivity index is 1.32. The Morgan fingerprint density at radius 2 is 1.93 bits per heavy atom. The van der Waals surface area contributed by atoms with Gasteiger partial charge in [0.1, 0.15) is 23.1 Å². The summed E-state index contributed by atoms with van der Waals surface area (Å²) in [6, 6.07) is 3.45. The van der Waals surface area contributed by atoms with E-state index in [0.717, 1.165) is 18.9 Å². The molecule has 3 heterocycles. The molecule has 0 N–H and O–H groups in total. The number of fused-ring (bicyclic) bond motifs is 1. The first-order valence-electron chi connectivity index (χ1n) is 9.51. The maximum atomic E-state index is 13.5. The van der Waals surface area contributed by atoms with Crippen LogP contribution in [0.5, 0.6) is 0 Å². The molecule has 1 saturated heterocycles. The van der Waals surface area contributed by atoms with Crippen LogP contribution in [0.25, 0.3) is 11.5 Å². The zero-order valence-corrected chi connectivity index (χ0v) is 15.2. The zero-order valence-electron chi connectivity index (χ0n) is 15.2.